The van der Waals surface area contributed by atoms with Gasteiger partial charge in [0.15, 0.2) is 0 Å². The van der Waals surface area contributed by atoms with Crippen LogP contribution >= 0.6 is 0 Å². The number of carbonyl (C=O) groups is 1. The standard InChI is InChI=1S/C14H17N5O2/c1-10-17-18-13(21-10)12-5-3-2-4-8-19(12)14(20)11-6-7-15-9-16-11/h6-7,9,12H,2-5,8H2,1H3. The van der Waals surface area contributed by atoms with Crippen LogP contribution < -0.4 is 0 Å². The summed E-state index contributed by atoms with van der Waals surface area (Å²) in [5.74, 6) is 0.917. The van der Waals surface area contributed by atoms with Gasteiger partial charge in [0.2, 0.25) is 11.8 Å². The van der Waals surface area contributed by atoms with Gasteiger partial charge in [-0.05, 0) is 18.9 Å². The Morgan fingerprint density at radius 3 is 2.95 bits per heavy atom. The summed E-state index contributed by atoms with van der Waals surface area (Å²) in [6.45, 7) is 2.43. The van der Waals surface area contributed by atoms with Crippen LogP contribution in [-0.2, 0) is 0 Å². The highest BCUT2D eigenvalue weighted by atomic mass is 16.4. The summed E-state index contributed by atoms with van der Waals surface area (Å²) in [5, 5.41) is 7.97. The van der Waals surface area contributed by atoms with E-state index in [0.29, 0.717) is 24.0 Å². The summed E-state index contributed by atoms with van der Waals surface area (Å²) in [6.07, 6.45) is 6.90. The first-order valence-corrected chi connectivity index (χ1v) is 7.12. The molecule has 3 rings (SSSR count). The minimum Gasteiger partial charge on any atom is -0.423 e. The number of hydrogen-bond donors (Lipinski definition) is 0. The van der Waals surface area contributed by atoms with Crippen LogP contribution in [-0.4, -0.2) is 37.5 Å². The zero-order valence-corrected chi connectivity index (χ0v) is 11.9. The van der Waals surface area contributed by atoms with Gasteiger partial charge in [0.1, 0.15) is 18.1 Å². The molecule has 1 aliphatic heterocycles. The minimum absolute atomic E-state index is 0.111. The zero-order valence-electron chi connectivity index (χ0n) is 11.9. The summed E-state index contributed by atoms with van der Waals surface area (Å²) in [5.41, 5.74) is 0.396. The zero-order chi connectivity index (χ0) is 14.7. The quantitative estimate of drug-likeness (QED) is 0.839. The van der Waals surface area contributed by atoms with E-state index in [1.807, 2.05) is 0 Å². The van der Waals surface area contributed by atoms with E-state index in [4.69, 9.17) is 4.42 Å². The molecular formula is C14H17N5O2. The first kappa shape index (κ1) is 13.7. The van der Waals surface area contributed by atoms with Gasteiger partial charge >= 0.3 is 0 Å². The number of amides is 1. The third kappa shape index (κ3) is 2.91. The molecule has 3 heterocycles. The van der Waals surface area contributed by atoms with Crippen LogP contribution in [0.15, 0.2) is 23.0 Å². The van der Waals surface area contributed by atoms with Crippen molar-refractivity contribution >= 4 is 5.91 Å². The summed E-state index contributed by atoms with van der Waals surface area (Å²) in [4.78, 5) is 22.4. The van der Waals surface area contributed by atoms with Crippen molar-refractivity contribution < 1.29 is 9.21 Å². The van der Waals surface area contributed by atoms with E-state index >= 15 is 0 Å². The van der Waals surface area contributed by atoms with E-state index in [0.717, 1.165) is 25.7 Å². The second kappa shape index (κ2) is 5.99. The lowest BCUT2D eigenvalue weighted by molar-refractivity contribution is 0.0645. The fourth-order valence-corrected chi connectivity index (χ4v) is 2.62. The predicted octanol–water partition coefficient (Wildman–Crippen LogP) is 1.93. The lowest BCUT2D eigenvalue weighted by Crippen LogP contribution is -2.35. The molecule has 1 fully saturated rings. The molecule has 0 N–H and O–H groups in total. The van der Waals surface area contributed by atoms with Crippen molar-refractivity contribution in [3.63, 3.8) is 0 Å². The third-order valence-electron chi connectivity index (χ3n) is 3.64. The van der Waals surface area contributed by atoms with Crippen molar-refractivity contribution in [2.45, 2.75) is 38.6 Å². The third-order valence-corrected chi connectivity index (χ3v) is 3.64. The van der Waals surface area contributed by atoms with Gasteiger partial charge in [0.05, 0.1) is 0 Å². The van der Waals surface area contributed by atoms with E-state index in [1.165, 1.54) is 6.33 Å². The Labute approximate surface area is 122 Å². The van der Waals surface area contributed by atoms with Crippen LogP contribution in [0.2, 0.25) is 0 Å². The second-order valence-electron chi connectivity index (χ2n) is 5.12. The van der Waals surface area contributed by atoms with Gasteiger partial charge in [0, 0.05) is 19.7 Å². The highest BCUT2D eigenvalue weighted by Gasteiger charge is 2.31. The number of carbonyl (C=O) groups excluding carboxylic acids is 1. The Bertz CT molecular complexity index is 613. The van der Waals surface area contributed by atoms with Crippen molar-refractivity contribution in [2.75, 3.05) is 6.54 Å². The lowest BCUT2D eigenvalue weighted by Gasteiger charge is -2.27. The van der Waals surface area contributed by atoms with Gasteiger partial charge in [0.25, 0.3) is 5.91 Å². The second-order valence-corrected chi connectivity index (χ2v) is 5.12. The van der Waals surface area contributed by atoms with Gasteiger partial charge in [-0.15, -0.1) is 10.2 Å². The highest BCUT2D eigenvalue weighted by molar-refractivity contribution is 5.92. The molecule has 110 valence electrons. The van der Waals surface area contributed by atoms with E-state index < -0.39 is 0 Å². The largest absolute Gasteiger partial charge is 0.423 e. The van der Waals surface area contributed by atoms with E-state index in [2.05, 4.69) is 20.2 Å². The van der Waals surface area contributed by atoms with Crippen LogP contribution in [0.1, 0.15) is 54.0 Å². The lowest BCUT2D eigenvalue weighted by atomic mass is 10.1. The molecule has 7 nitrogen and oxygen atoms in total. The minimum atomic E-state index is -0.170. The van der Waals surface area contributed by atoms with Crippen molar-refractivity contribution in [2.24, 2.45) is 0 Å². The summed E-state index contributed by atoms with van der Waals surface area (Å²) in [6, 6.07) is 1.46. The number of hydrogen-bond acceptors (Lipinski definition) is 6. The van der Waals surface area contributed by atoms with Gasteiger partial charge in [-0.3, -0.25) is 4.79 Å². The average molecular weight is 287 g/mol. The normalized spacial score (nSPS) is 19.3. The first-order valence-electron chi connectivity index (χ1n) is 7.12. The molecule has 0 saturated carbocycles. The summed E-state index contributed by atoms with van der Waals surface area (Å²) in [7, 11) is 0. The molecule has 1 aliphatic rings. The summed E-state index contributed by atoms with van der Waals surface area (Å²) >= 11 is 0. The van der Waals surface area contributed by atoms with Crippen LogP contribution in [0, 0.1) is 6.92 Å². The van der Waals surface area contributed by atoms with Crippen LogP contribution in [0.5, 0.6) is 0 Å². The van der Waals surface area contributed by atoms with Crippen LogP contribution in [0.25, 0.3) is 0 Å². The fourth-order valence-electron chi connectivity index (χ4n) is 2.62. The SMILES string of the molecule is Cc1nnc(C2CCCCCN2C(=O)c2ccncn2)o1. The van der Waals surface area contributed by atoms with Crippen molar-refractivity contribution in [3.05, 3.63) is 36.1 Å². The van der Waals surface area contributed by atoms with Gasteiger partial charge in [-0.25, -0.2) is 9.97 Å². The Hall–Kier alpha value is -2.31. The number of aryl methyl sites for hydroxylation is 1. The molecule has 1 atom stereocenters. The first-order chi connectivity index (χ1) is 10.3. The molecule has 2 aromatic heterocycles. The van der Waals surface area contributed by atoms with Gasteiger partial charge in [-0.2, -0.15) is 0 Å². The number of nitrogens with zero attached hydrogens (tertiary/aromatic N) is 5. The van der Waals surface area contributed by atoms with E-state index in [-0.39, 0.29) is 11.9 Å². The smallest absolute Gasteiger partial charge is 0.273 e. The van der Waals surface area contributed by atoms with Crippen LogP contribution in [0.3, 0.4) is 0 Å². The Morgan fingerprint density at radius 2 is 2.24 bits per heavy atom. The fraction of sp³-hybridized carbons (Fsp3) is 0.500. The highest BCUT2D eigenvalue weighted by Crippen LogP contribution is 2.30. The van der Waals surface area contributed by atoms with Gasteiger partial charge in [-0.1, -0.05) is 12.8 Å². The van der Waals surface area contributed by atoms with E-state index in [1.54, 1.807) is 24.1 Å². The monoisotopic (exact) mass is 287 g/mol. The molecule has 0 aliphatic carbocycles. The Morgan fingerprint density at radius 1 is 1.33 bits per heavy atom. The molecule has 0 radical (unpaired) electrons. The molecule has 0 bridgehead atoms. The van der Waals surface area contributed by atoms with Crippen molar-refractivity contribution in [1.29, 1.82) is 0 Å². The molecule has 0 spiro atoms. The molecule has 21 heavy (non-hydrogen) atoms. The maximum Gasteiger partial charge on any atom is 0.273 e. The van der Waals surface area contributed by atoms with Gasteiger partial charge < -0.3 is 9.32 Å². The summed E-state index contributed by atoms with van der Waals surface area (Å²) < 4.78 is 5.55. The molecule has 1 unspecified atom stereocenters. The topological polar surface area (TPSA) is 85.0 Å². The maximum atomic E-state index is 12.7. The molecule has 0 aromatic carbocycles. The van der Waals surface area contributed by atoms with E-state index in [9.17, 15) is 4.79 Å². The molecule has 1 saturated heterocycles. The predicted molar refractivity (Wildman–Crippen MR) is 73.3 cm³/mol. The maximum absolute atomic E-state index is 12.7. The number of likely N-dealkylation sites (tertiary alicyclic amines) is 1. The molecule has 2 aromatic rings. The molecule has 7 heteroatoms. The number of aromatic nitrogens is 4. The van der Waals surface area contributed by atoms with Crippen molar-refractivity contribution in [1.82, 2.24) is 25.1 Å². The molecular weight excluding hydrogens is 270 g/mol. The number of rotatable bonds is 2. The average Bonchev–Trinajstić information content (AvgIpc) is 2.80. The molecule has 1 amide bonds. The Balaban J connectivity index is 1.90. The van der Waals surface area contributed by atoms with Crippen LogP contribution in [0.4, 0.5) is 0 Å². The van der Waals surface area contributed by atoms with Crippen molar-refractivity contribution in [3.8, 4) is 0 Å². The Kier molecular flexibility index (Phi) is 3.89.